The van der Waals surface area contributed by atoms with E-state index in [1.807, 2.05) is 0 Å². The molecule has 0 aromatic rings. The highest BCUT2D eigenvalue weighted by atomic mass is 19.4. The summed E-state index contributed by atoms with van der Waals surface area (Å²) in [6.45, 7) is -3.67. The lowest BCUT2D eigenvalue weighted by Crippen LogP contribution is -2.61. The van der Waals surface area contributed by atoms with Gasteiger partial charge in [-0.3, -0.25) is 0 Å². The Balaban J connectivity index is 5.93. The number of halogens is 18. The van der Waals surface area contributed by atoms with E-state index in [-0.39, 0.29) is 0 Å². The van der Waals surface area contributed by atoms with Gasteiger partial charge in [-0.2, -0.15) is 79.0 Å². The van der Waals surface area contributed by atoms with Crippen molar-refractivity contribution >= 4 is 0 Å². The smallest absolute Gasteiger partial charge is 0.460 e. The lowest BCUT2D eigenvalue weighted by Gasteiger charge is -2.32. The molecule has 174 valence electrons. The van der Waals surface area contributed by atoms with Gasteiger partial charge in [-0.25, -0.2) is 0 Å². The Morgan fingerprint density at radius 2 is 0.862 bits per heavy atom. The summed E-state index contributed by atoms with van der Waals surface area (Å²) in [6, 6.07) is -4.19. The highest BCUT2D eigenvalue weighted by Crippen LogP contribution is 2.56. The molecule has 0 radical (unpaired) electrons. The number of alkyl halides is 16. The summed E-state index contributed by atoms with van der Waals surface area (Å²) in [7, 11) is 0. The zero-order chi connectivity index (χ0) is 24.1. The summed E-state index contributed by atoms with van der Waals surface area (Å²) < 4.78 is 225. The lowest BCUT2D eigenvalue weighted by atomic mass is 10.0. The van der Waals surface area contributed by atoms with Crippen molar-refractivity contribution < 1.29 is 83.8 Å². The Labute approximate surface area is 145 Å². The number of rotatable bonds is 7. The summed E-state index contributed by atoms with van der Waals surface area (Å²) in [5.41, 5.74) is 0. The van der Waals surface area contributed by atoms with E-state index in [2.05, 4.69) is 4.74 Å². The fourth-order valence-electron chi connectivity index (χ4n) is 1.15. The third-order valence-corrected chi connectivity index (χ3v) is 2.79. The quantitative estimate of drug-likeness (QED) is 0.302. The molecule has 1 nitrogen and oxygen atoms in total. The van der Waals surface area contributed by atoms with Crippen LogP contribution in [0.5, 0.6) is 0 Å². The number of allylic oxidation sites excluding steroid dienone is 1. The molecular formula is C10H2F18O. The first-order valence-corrected chi connectivity index (χ1v) is 6.00. The van der Waals surface area contributed by atoms with E-state index in [9.17, 15) is 79.0 Å². The van der Waals surface area contributed by atoms with E-state index < -0.39 is 60.4 Å². The summed E-state index contributed by atoms with van der Waals surface area (Å²) in [6.07, 6.45) is -14.6. The van der Waals surface area contributed by atoms with E-state index in [1.54, 1.807) is 0 Å². The van der Waals surface area contributed by atoms with Gasteiger partial charge in [-0.1, -0.05) is 0 Å². The van der Waals surface area contributed by atoms with E-state index in [4.69, 9.17) is 0 Å². The van der Waals surface area contributed by atoms with Gasteiger partial charge in [0.2, 0.25) is 5.83 Å². The van der Waals surface area contributed by atoms with E-state index in [0.717, 1.165) is 0 Å². The molecular weight excluding hydrogens is 478 g/mol. The van der Waals surface area contributed by atoms with Gasteiger partial charge in [0.15, 0.2) is 6.61 Å². The Kier molecular flexibility index (Phi) is 6.78. The summed E-state index contributed by atoms with van der Waals surface area (Å²) >= 11 is 0. The molecule has 19 heteroatoms. The minimum atomic E-state index is -7.83. The van der Waals surface area contributed by atoms with Gasteiger partial charge in [0.1, 0.15) is 0 Å². The summed E-state index contributed by atoms with van der Waals surface area (Å²) in [5.74, 6) is -41.4. The Hall–Kier alpha value is -1.72. The van der Waals surface area contributed by atoms with Crippen molar-refractivity contribution in [1.82, 2.24) is 0 Å². The predicted molar refractivity (Wildman–Crippen MR) is 52.0 cm³/mol. The van der Waals surface area contributed by atoms with Gasteiger partial charge in [0.25, 0.3) is 0 Å². The van der Waals surface area contributed by atoms with Crippen LogP contribution in [-0.2, 0) is 4.74 Å². The molecule has 0 heterocycles. The molecule has 0 aliphatic rings. The van der Waals surface area contributed by atoms with Crippen LogP contribution in [0.4, 0.5) is 79.0 Å². The first-order valence-electron chi connectivity index (χ1n) is 6.00. The van der Waals surface area contributed by atoms with Crippen LogP contribution in [0.2, 0.25) is 0 Å². The molecule has 0 saturated heterocycles. The second kappa shape index (κ2) is 7.21. The Morgan fingerprint density at radius 3 is 1.17 bits per heavy atom. The van der Waals surface area contributed by atoms with Crippen molar-refractivity contribution in [3.63, 3.8) is 0 Å². The van der Waals surface area contributed by atoms with Crippen LogP contribution in [0.1, 0.15) is 0 Å². The van der Waals surface area contributed by atoms with E-state index in [0.29, 0.717) is 0 Å². The van der Waals surface area contributed by atoms with Gasteiger partial charge < -0.3 is 4.74 Å². The second-order valence-corrected chi connectivity index (χ2v) is 4.87. The molecule has 0 rings (SSSR count). The summed E-state index contributed by atoms with van der Waals surface area (Å²) in [4.78, 5) is 0. The molecule has 0 amide bonds. The first kappa shape index (κ1) is 27.3. The molecule has 0 N–H and O–H groups in total. The van der Waals surface area contributed by atoms with Gasteiger partial charge >= 0.3 is 48.0 Å². The fourth-order valence-corrected chi connectivity index (χ4v) is 1.15. The van der Waals surface area contributed by atoms with Crippen molar-refractivity contribution in [2.24, 2.45) is 0 Å². The molecule has 0 aliphatic carbocycles. The average molecular weight is 480 g/mol. The summed E-state index contributed by atoms with van der Waals surface area (Å²) in [5, 5.41) is 0. The topological polar surface area (TPSA) is 9.23 Å². The van der Waals surface area contributed by atoms with Crippen LogP contribution >= 0.6 is 0 Å². The maximum Gasteiger partial charge on any atom is 0.460 e. The third kappa shape index (κ3) is 4.41. The highest BCUT2D eigenvalue weighted by molar-refractivity contribution is 5.16. The molecule has 0 fully saturated rings. The normalized spacial score (nSPS) is 16.6. The van der Waals surface area contributed by atoms with Crippen LogP contribution in [0.15, 0.2) is 11.8 Å². The van der Waals surface area contributed by atoms with Gasteiger partial charge in [-0.15, -0.1) is 0 Å². The zero-order valence-corrected chi connectivity index (χ0v) is 12.4. The highest BCUT2D eigenvalue weighted by Gasteiger charge is 2.83. The molecule has 29 heavy (non-hydrogen) atoms. The maximum absolute atomic E-state index is 12.9. The van der Waals surface area contributed by atoms with E-state index in [1.165, 1.54) is 0 Å². The number of ether oxygens (including phenoxy) is 1. The Bertz CT molecular complexity index is 622. The molecule has 0 atom stereocenters. The fraction of sp³-hybridized carbons (Fsp3) is 0.800. The second-order valence-electron chi connectivity index (χ2n) is 4.87. The van der Waals surface area contributed by atoms with Gasteiger partial charge in [0.05, 0.1) is 0 Å². The van der Waals surface area contributed by atoms with Gasteiger partial charge in [-0.05, 0) is 0 Å². The van der Waals surface area contributed by atoms with Crippen LogP contribution in [0, 0.1) is 0 Å². The monoisotopic (exact) mass is 480 g/mol. The molecule has 0 bridgehead atoms. The van der Waals surface area contributed by atoms with Gasteiger partial charge in [0, 0.05) is 0 Å². The average Bonchev–Trinajstić information content (AvgIpc) is 2.48. The van der Waals surface area contributed by atoms with Crippen molar-refractivity contribution in [3.05, 3.63) is 11.8 Å². The van der Waals surface area contributed by atoms with Crippen molar-refractivity contribution in [2.45, 2.75) is 42.0 Å². The van der Waals surface area contributed by atoms with Crippen molar-refractivity contribution in [3.8, 4) is 0 Å². The number of hydrogen-bond donors (Lipinski definition) is 0. The molecule has 0 aliphatic heterocycles. The minimum Gasteiger partial charge on any atom is -0.462 e. The van der Waals surface area contributed by atoms with E-state index >= 15 is 0 Å². The van der Waals surface area contributed by atoms with Crippen LogP contribution in [0.25, 0.3) is 0 Å². The lowest BCUT2D eigenvalue weighted by molar-refractivity contribution is -0.392. The minimum absolute atomic E-state index is 2.40. The SMILES string of the molecule is FC(OCC(F)(F)C(F)(F)C(F)(F)F)=C(F)C(F)(F)C(F)(F)C(F)(F)C(F)(F)F. The molecule has 0 spiro atoms. The van der Waals surface area contributed by atoms with Crippen LogP contribution in [0.3, 0.4) is 0 Å². The Morgan fingerprint density at radius 1 is 0.517 bits per heavy atom. The first-order chi connectivity index (χ1) is 12.3. The zero-order valence-electron chi connectivity index (χ0n) is 12.4. The van der Waals surface area contributed by atoms with Crippen molar-refractivity contribution in [1.29, 1.82) is 0 Å². The van der Waals surface area contributed by atoms with Crippen LogP contribution in [-0.4, -0.2) is 48.6 Å². The molecule has 0 unspecified atom stereocenters. The number of hydrogen-bond acceptors (Lipinski definition) is 1. The third-order valence-electron chi connectivity index (χ3n) is 2.79. The predicted octanol–water partition coefficient (Wildman–Crippen LogP) is 6.41. The van der Waals surface area contributed by atoms with Crippen molar-refractivity contribution in [2.75, 3.05) is 6.61 Å². The standard InChI is InChI=1S/C10H2F18O/c11-2(5(15,16)7(19,20)8(21,22)10(26,27)28)3(12)29-1-4(13,14)6(17,18)9(23,24)25/h1H2. The molecule has 0 aromatic heterocycles. The molecule has 0 saturated carbocycles. The maximum atomic E-state index is 12.9. The van der Waals surface area contributed by atoms with Crippen LogP contribution < -0.4 is 0 Å². The largest absolute Gasteiger partial charge is 0.462 e. The molecule has 0 aromatic carbocycles.